The monoisotopic (exact) mass is 226 g/mol. The lowest BCUT2D eigenvalue weighted by Crippen LogP contribution is -2.29. The summed E-state index contributed by atoms with van der Waals surface area (Å²) in [5.74, 6) is 0.850. The first kappa shape index (κ1) is 10.5. The highest BCUT2D eigenvalue weighted by molar-refractivity contribution is 6.30. The van der Waals surface area contributed by atoms with Crippen LogP contribution in [0.2, 0.25) is 5.02 Å². The van der Waals surface area contributed by atoms with Crippen LogP contribution in [0.5, 0.6) is 0 Å². The highest BCUT2D eigenvalue weighted by Gasteiger charge is 2.13. The molecule has 0 bridgehead atoms. The Balaban J connectivity index is 2.19. The van der Waals surface area contributed by atoms with E-state index in [1.54, 1.807) is 12.3 Å². The van der Waals surface area contributed by atoms with Gasteiger partial charge in [0.15, 0.2) is 5.82 Å². The number of aromatic nitrogens is 1. The Morgan fingerprint density at radius 3 is 3.07 bits per heavy atom. The summed E-state index contributed by atoms with van der Waals surface area (Å²) in [6.45, 7) is 3.97. The fourth-order valence-corrected chi connectivity index (χ4v) is 1.94. The number of nitrogens with one attached hydrogen (secondary N) is 1. The van der Waals surface area contributed by atoms with Crippen LogP contribution in [0.15, 0.2) is 12.3 Å². The summed E-state index contributed by atoms with van der Waals surface area (Å²) in [4.78, 5) is 6.48. The minimum atomic E-state index is 0.587. The normalized spacial score (nSPS) is 17.5. The van der Waals surface area contributed by atoms with E-state index in [9.17, 15) is 0 Å². The van der Waals surface area contributed by atoms with Crippen molar-refractivity contribution in [3.63, 3.8) is 0 Å². The van der Waals surface area contributed by atoms with E-state index in [2.05, 4.69) is 15.2 Å². The van der Waals surface area contributed by atoms with Crippen molar-refractivity contribution in [2.75, 3.05) is 36.8 Å². The fraction of sp³-hybridized carbons (Fsp3) is 0.500. The van der Waals surface area contributed by atoms with Crippen LogP contribution in [0, 0.1) is 0 Å². The molecule has 5 heteroatoms. The molecular weight excluding hydrogens is 212 g/mol. The standard InChI is InChI=1S/C10H15ClN4/c11-8-6-9(12)10(14-7-8)15-4-1-2-13-3-5-15/h6-7,13H,1-5,12H2. The molecule has 4 nitrogen and oxygen atoms in total. The van der Waals surface area contributed by atoms with Crippen LogP contribution >= 0.6 is 11.6 Å². The van der Waals surface area contributed by atoms with Gasteiger partial charge in [0.25, 0.3) is 0 Å². The van der Waals surface area contributed by atoms with Crippen molar-refractivity contribution in [1.29, 1.82) is 0 Å². The van der Waals surface area contributed by atoms with Crippen molar-refractivity contribution in [2.24, 2.45) is 0 Å². The van der Waals surface area contributed by atoms with Gasteiger partial charge in [-0.2, -0.15) is 0 Å². The Hall–Kier alpha value is -1.00. The van der Waals surface area contributed by atoms with Crippen molar-refractivity contribution in [3.8, 4) is 0 Å². The average molecular weight is 227 g/mol. The molecule has 1 aromatic rings. The van der Waals surface area contributed by atoms with Gasteiger partial charge in [0.2, 0.25) is 0 Å². The average Bonchev–Trinajstić information content (AvgIpc) is 2.46. The van der Waals surface area contributed by atoms with Gasteiger partial charge in [0.05, 0.1) is 10.7 Å². The number of hydrogen-bond acceptors (Lipinski definition) is 4. The molecule has 0 saturated carbocycles. The van der Waals surface area contributed by atoms with Gasteiger partial charge in [-0.25, -0.2) is 4.98 Å². The van der Waals surface area contributed by atoms with E-state index in [0.29, 0.717) is 10.7 Å². The number of nitrogen functional groups attached to an aromatic ring is 1. The van der Waals surface area contributed by atoms with Crippen LogP contribution in [0.1, 0.15) is 6.42 Å². The number of anilines is 2. The van der Waals surface area contributed by atoms with Crippen LogP contribution in [0.3, 0.4) is 0 Å². The summed E-state index contributed by atoms with van der Waals surface area (Å²) in [6, 6.07) is 1.75. The topological polar surface area (TPSA) is 54.2 Å². The highest BCUT2D eigenvalue weighted by atomic mass is 35.5. The van der Waals surface area contributed by atoms with E-state index in [4.69, 9.17) is 17.3 Å². The Bertz CT molecular complexity index is 334. The molecule has 1 saturated heterocycles. The zero-order valence-corrected chi connectivity index (χ0v) is 9.30. The van der Waals surface area contributed by atoms with Gasteiger partial charge in [-0.1, -0.05) is 11.6 Å². The maximum Gasteiger partial charge on any atom is 0.151 e. The Labute approximate surface area is 94.4 Å². The molecule has 0 aliphatic carbocycles. The molecule has 3 N–H and O–H groups in total. The summed E-state index contributed by atoms with van der Waals surface area (Å²) in [6.07, 6.45) is 2.76. The molecule has 0 amide bonds. The lowest BCUT2D eigenvalue weighted by Gasteiger charge is -2.22. The predicted octanol–water partition coefficient (Wildman–Crippen LogP) is 1.12. The van der Waals surface area contributed by atoms with Gasteiger partial charge in [-0.05, 0) is 19.0 Å². The fourth-order valence-electron chi connectivity index (χ4n) is 1.77. The molecule has 2 heterocycles. The molecule has 1 aromatic heterocycles. The first-order valence-electron chi connectivity index (χ1n) is 5.14. The minimum absolute atomic E-state index is 0.587. The quantitative estimate of drug-likeness (QED) is 0.754. The smallest absolute Gasteiger partial charge is 0.151 e. The third-order valence-electron chi connectivity index (χ3n) is 2.50. The first-order valence-corrected chi connectivity index (χ1v) is 5.52. The molecule has 15 heavy (non-hydrogen) atoms. The van der Waals surface area contributed by atoms with Gasteiger partial charge in [-0.15, -0.1) is 0 Å². The molecule has 1 fully saturated rings. The lowest BCUT2D eigenvalue weighted by molar-refractivity contribution is 0.724. The predicted molar refractivity (Wildman–Crippen MR) is 63.4 cm³/mol. The summed E-state index contributed by atoms with van der Waals surface area (Å²) >= 11 is 5.81. The van der Waals surface area contributed by atoms with Gasteiger partial charge >= 0.3 is 0 Å². The number of rotatable bonds is 1. The minimum Gasteiger partial charge on any atom is -0.396 e. The zero-order valence-electron chi connectivity index (χ0n) is 8.54. The molecular formula is C10H15ClN4. The highest BCUT2D eigenvalue weighted by Crippen LogP contribution is 2.23. The van der Waals surface area contributed by atoms with Crippen molar-refractivity contribution >= 4 is 23.1 Å². The molecule has 2 rings (SSSR count). The second-order valence-electron chi connectivity index (χ2n) is 3.66. The Morgan fingerprint density at radius 1 is 1.40 bits per heavy atom. The third kappa shape index (κ3) is 2.52. The molecule has 1 aliphatic rings. The molecule has 0 spiro atoms. The van der Waals surface area contributed by atoms with Gasteiger partial charge in [0.1, 0.15) is 0 Å². The molecule has 0 aromatic carbocycles. The number of nitrogens with zero attached hydrogens (tertiary/aromatic N) is 2. The van der Waals surface area contributed by atoms with Gasteiger partial charge in [0, 0.05) is 25.8 Å². The summed E-state index contributed by atoms with van der Waals surface area (Å²) in [5, 5.41) is 3.93. The van der Waals surface area contributed by atoms with E-state index in [1.807, 2.05) is 0 Å². The van der Waals surface area contributed by atoms with E-state index in [1.165, 1.54) is 0 Å². The van der Waals surface area contributed by atoms with Crippen molar-refractivity contribution < 1.29 is 0 Å². The Kier molecular flexibility index (Phi) is 3.28. The number of halogens is 1. The van der Waals surface area contributed by atoms with Crippen molar-refractivity contribution in [2.45, 2.75) is 6.42 Å². The number of hydrogen-bond donors (Lipinski definition) is 2. The molecule has 1 aliphatic heterocycles. The summed E-state index contributed by atoms with van der Waals surface area (Å²) in [5.41, 5.74) is 6.55. The maximum atomic E-state index is 5.89. The van der Waals surface area contributed by atoms with E-state index >= 15 is 0 Å². The second kappa shape index (κ2) is 4.68. The largest absolute Gasteiger partial charge is 0.396 e. The first-order chi connectivity index (χ1) is 7.27. The SMILES string of the molecule is Nc1cc(Cl)cnc1N1CCCNCC1. The number of pyridine rings is 1. The Morgan fingerprint density at radius 2 is 2.27 bits per heavy atom. The van der Waals surface area contributed by atoms with Crippen LogP contribution in [0.4, 0.5) is 11.5 Å². The molecule has 0 radical (unpaired) electrons. The van der Waals surface area contributed by atoms with Crippen LogP contribution in [-0.4, -0.2) is 31.2 Å². The van der Waals surface area contributed by atoms with Gasteiger partial charge < -0.3 is 16.0 Å². The molecule has 0 atom stereocenters. The van der Waals surface area contributed by atoms with E-state index < -0.39 is 0 Å². The summed E-state index contributed by atoms with van der Waals surface area (Å²) in [7, 11) is 0. The number of nitrogens with two attached hydrogens (primary N) is 1. The van der Waals surface area contributed by atoms with Crippen LogP contribution in [-0.2, 0) is 0 Å². The molecule has 0 unspecified atom stereocenters. The van der Waals surface area contributed by atoms with Crippen molar-refractivity contribution in [3.05, 3.63) is 17.3 Å². The van der Waals surface area contributed by atoms with Crippen molar-refractivity contribution in [1.82, 2.24) is 10.3 Å². The van der Waals surface area contributed by atoms with E-state index in [-0.39, 0.29) is 0 Å². The lowest BCUT2D eigenvalue weighted by atomic mass is 10.3. The van der Waals surface area contributed by atoms with Crippen LogP contribution < -0.4 is 16.0 Å². The summed E-state index contributed by atoms with van der Waals surface area (Å²) < 4.78 is 0. The second-order valence-corrected chi connectivity index (χ2v) is 4.09. The zero-order chi connectivity index (χ0) is 10.7. The molecule has 82 valence electrons. The third-order valence-corrected chi connectivity index (χ3v) is 2.71. The van der Waals surface area contributed by atoms with E-state index in [0.717, 1.165) is 38.4 Å². The van der Waals surface area contributed by atoms with Crippen LogP contribution in [0.25, 0.3) is 0 Å². The van der Waals surface area contributed by atoms with Gasteiger partial charge in [-0.3, -0.25) is 0 Å². The maximum absolute atomic E-state index is 5.89.